The monoisotopic (exact) mass is 318 g/mol. The summed E-state index contributed by atoms with van der Waals surface area (Å²) in [4.78, 5) is 16.4. The molecular weight excluding hydrogens is 296 g/mol. The second-order valence-electron chi connectivity index (χ2n) is 5.17. The number of rotatable bonds is 7. The average molecular weight is 318 g/mol. The number of thiazole rings is 1. The van der Waals surface area contributed by atoms with E-state index in [9.17, 15) is 9.00 Å². The van der Waals surface area contributed by atoms with Gasteiger partial charge in [0.05, 0.1) is 12.3 Å². The van der Waals surface area contributed by atoms with E-state index in [0.717, 1.165) is 5.13 Å². The van der Waals surface area contributed by atoms with Gasteiger partial charge >= 0.3 is 5.97 Å². The molecule has 1 aromatic heterocycles. The summed E-state index contributed by atoms with van der Waals surface area (Å²) in [5, 5.41) is 5.79. The van der Waals surface area contributed by atoms with E-state index in [1.165, 1.54) is 11.3 Å². The molecule has 0 amide bonds. The van der Waals surface area contributed by atoms with Crippen LogP contribution in [0.2, 0.25) is 0 Å². The van der Waals surface area contributed by atoms with Crippen molar-refractivity contribution in [2.24, 2.45) is 0 Å². The zero-order chi connectivity index (χ0) is 15.3. The molecule has 0 bridgehead atoms. The van der Waals surface area contributed by atoms with Gasteiger partial charge in [0.1, 0.15) is 5.41 Å². The van der Waals surface area contributed by atoms with Crippen molar-refractivity contribution in [2.75, 3.05) is 23.9 Å². The van der Waals surface area contributed by atoms with Crippen molar-refractivity contribution in [3.8, 4) is 0 Å². The highest BCUT2D eigenvalue weighted by molar-refractivity contribution is 7.84. The molecule has 0 radical (unpaired) electrons. The van der Waals surface area contributed by atoms with Crippen LogP contribution in [-0.2, 0) is 25.7 Å². The molecule has 0 saturated carbocycles. The van der Waals surface area contributed by atoms with E-state index < -0.39 is 16.2 Å². The summed E-state index contributed by atoms with van der Waals surface area (Å²) in [6.07, 6.45) is 1.68. The van der Waals surface area contributed by atoms with Crippen LogP contribution >= 0.6 is 11.3 Å². The quantitative estimate of drug-likeness (QED) is 0.780. The van der Waals surface area contributed by atoms with Crippen molar-refractivity contribution in [1.29, 1.82) is 0 Å². The van der Waals surface area contributed by atoms with Crippen molar-refractivity contribution >= 4 is 33.2 Å². The summed E-state index contributed by atoms with van der Waals surface area (Å²) in [6, 6.07) is 0.0746. The lowest BCUT2D eigenvalue weighted by atomic mass is 9.90. The molecule has 0 aliphatic carbocycles. The molecule has 0 saturated heterocycles. The zero-order valence-electron chi connectivity index (χ0n) is 12.6. The number of esters is 1. The average Bonchev–Trinajstić information content (AvgIpc) is 2.77. The van der Waals surface area contributed by atoms with Crippen LogP contribution in [0, 0.1) is 0 Å². The summed E-state index contributed by atoms with van der Waals surface area (Å²) >= 11 is 1.44. The van der Waals surface area contributed by atoms with Gasteiger partial charge in [-0.2, -0.15) is 0 Å². The first-order chi connectivity index (χ1) is 9.27. The van der Waals surface area contributed by atoms with Gasteiger partial charge in [0, 0.05) is 34.2 Å². The third kappa shape index (κ3) is 4.56. The summed E-state index contributed by atoms with van der Waals surface area (Å²) in [5.41, 5.74) is -0.0724. The molecule has 20 heavy (non-hydrogen) atoms. The Morgan fingerprint density at radius 3 is 2.80 bits per heavy atom. The van der Waals surface area contributed by atoms with Gasteiger partial charge in [0.25, 0.3) is 0 Å². The van der Waals surface area contributed by atoms with Crippen LogP contribution in [0.15, 0.2) is 5.38 Å². The van der Waals surface area contributed by atoms with E-state index in [4.69, 9.17) is 4.74 Å². The smallest absolute Gasteiger partial charge is 0.317 e. The van der Waals surface area contributed by atoms with Gasteiger partial charge in [-0.3, -0.25) is 9.00 Å². The molecule has 5 nitrogen and oxygen atoms in total. The van der Waals surface area contributed by atoms with E-state index >= 15 is 0 Å². The van der Waals surface area contributed by atoms with Crippen molar-refractivity contribution < 1.29 is 13.7 Å². The Bertz CT molecular complexity index is 486. The first-order valence-electron chi connectivity index (χ1n) is 6.47. The SMILES string of the molecule is CCOC(=O)C(C)(C)c1csc(NC(C)CS(C)=O)n1. The van der Waals surface area contributed by atoms with Crippen LogP contribution in [-0.4, -0.2) is 39.8 Å². The Morgan fingerprint density at radius 2 is 2.25 bits per heavy atom. The minimum atomic E-state index is -0.849. The lowest BCUT2D eigenvalue weighted by Crippen LogP contribution is -2.31. The minimum absolute atomic E-state index is 0.0746. The maximum atomic E-state index is 11.9. The predicted octanol–water partition coefficient (Wildman–Crippen LogP) is 2.16. The van der Waals surface area contributed by atoms with E-state index in [0.29, 0.717) is 18.1 Å². The number of anilines is 1. The highest BCUT2D eigenvalue weighted by atomic mass is 32.2. The fourth-order valence-electron chi connectivity index (χ4n) is 1.65. The molecule has 1 rings (SSSR count). The molecule has 0 aliphatic heterocycles. The number of ether oxygens (including phenoxy) is 1. The van der Waals surface area contributed by atoms with Gasteiger partial charge < -0.3 is 10.1 Å². The molecule has 7 heteroatoms. The molecule has 2 atom stereocenters. The molecule has 114 valence electrons. The van der Waals surface area contributed by atoms with Gasteiger partial charge in [0.2, 0.25) is 0 Å². The molecule has 1 N–H and O–H groups in total. The molecular formula is C13H22N2O3S2. The van der Waals surface area contributed by atoms with Crippen molar-refractivity contribution in [2.45, 2.75) is 39.2 Å². The number of carbonyl (C=O) groups is 1. The summed E-state index contributed by atoms with van der Waals surface area (Å²) in [6.45, 7) is 7.70. The third-order valence-electron chi connectivity index (χ3n) is 2.78. The molecule has 1 heterocycles. The van der Waals surface area contributed by atoms with Gasteiger partial charge in [0.15, 0.2) is 5.13 Å². The van der Waals surface area contributed by atoms with Crippen molar-refractivity contribution in [3.05, 3.63) is 11.1 Å². The van der Waals surface area contributed by atoms with Crippen LogP contribution in [0.1, 0.15) is 33.4 Å². The largest absolute Gasteiger partial charge is 0.465 e. The Labute approximate surface area is 126 Å². The summed E-state index contributed by atoms with van der Waals surface area (Å²) in [5.74, 6) is 0.287. The fourth-order valence-corrected chi connectivity index (χ4v) is 3.43. The first-order valence-corrected chi connectivity index (χ1v) is 9.07. The molecule has 2 unspecified atom stereocenters. The topological polar surface area (TPSA) is 68.3 Å². The number of aromatic nitrogens is 1. The van der Waals surface area contributed by atoms with Gasteiger partial charge in [-0.15, -0.1) is 11.3 Å². The Balaban J connectivity index is 2.76. The number of carbonyl (C=O) groups excluding carboxylic acids is 1. The van der Waals surface area contributed by atoms with E-state index in [1.807, 2.05) is 12.3 Å². The molecule has 0 fully saturated rings. The van der Waals surface area contributed by atoms with Gasteiger partial charge in [-0.25, -0.2) is 4.98 Å². The molecule has 0 aromatic carbocycles. The van der Waals surface area contributed by atoms with Crippen molar-refractivity contribution in [3.63, 3.8) is 0 Å². The zero-order valence-corrected chi connectivity index (χ0v) is 14.2. The second kappa shape index (κ2) is 7.17. The van der Waals surface area contributed by atoms with E-state index in [2.05, 4.69) is 10.3 Å². The molecule has 0 spiro atoms. The number of hydrogen-bond donors (Lipinski definition) is 1. The summed E-state index contributed by atoms with van der Waals surface area (Å²) < 4.78 is 16.2. The van der Waals surface area contributed by atoms with E-state index in [1.54, 1.807) is 27.0 Å². The van der Waals surface area contributed by atoms with Crippen LogP contribution in [0.3, 0.4) is 0 Å². The highest BCUT2D eigenvalue weighted by Gasteiger charge is 2.34. The van der Waals surface area contributed by atoms with Crippen LogP contribution in [0.25, 0.3) is 0 Å². The number of hydrogen-bond acceptors (Lipinski definition) is 6. The third-order valence-corrected chi connectivity index (χ3v) is 4.53. The standard InChI is InChI=1S/C13H22N2O3S2/c1-6-18-11(16)13(3,4)10-7-19-12(15-10)14-9(2)8-20(5)17/h7,9H,6,8H2,1-5H3,(H,14,15). The maximum absolute atomic E-state index is 11.9. The summed E-state index contributed by atoms with van der Waals surface area (Å²) in [7, 11) is -0.849. The van der Waals surface area contributed by atoms with Crippen LogP contribution in [0.5, 0.6) is 0 Å². The van der Waals surface area contributed by atoms with Gasteiger partial charge in [-0.1, -0.05) is 0 Å². The second-order valence-corrected chi connectivity index (χ2v) is 7.51. The minimum Gasteiger partial charge on any atom is -0.465 e. The predicted molar refractivity (Wildman–Crippen MR) is 83.8 cm³/mol. The Hall–Kier alpha value is -0.950. The first kappa shape index (κ1) is 17.1. The Kier molecular flexibility index (Phi) is 6.13. The van der Waals surface area contributed by atoms with Crippen LogP contribution in [0.4, 0.5) is 5.13 Å². The van der Waals surface area contributed by atoms with Crippen molar-refractivity contribution in [1.82, 2.24) is 4.98 Å². The van der Waals surface area contributed by atoms with Gasteiger partial charge in [-0.05, 0) is 27.7 Å². The normalized spacial score (nSPS) is 14.7. The van der Waals surface area contributed by atoms with Crippen LogP contribution < -0.4 is 5.32 Å². The molecule has 0 aliphatic rings. The van der Waals surface area contributed by atoms with E-state index in [-0.39, 0.29) is 12.0 Å². The fraction of sp³-hybridized carbons (Fsp3) is 0.692. The number of nitrogens with one attached hydrogen (secondary N) is 1. The molecule has 1 aromatic rings. The number of nitrogens with zero attached hydrogens (tertiary/aromatic N) is 1. The Morgan fingerprint density at radius 1 is 1.60 bits per heavy atom. The lowest BCUT2D eigenvalue weighted by Gasteiger charge is -2.19. The maximum Gasteiger partial charge on any atom is 0.317 e. The highest BCUT2D eigenvalue weighted by Crippen LogP contribution is 2.28. The lowest BCUT2D eigenvalue weighted by molar-refractivity contribution is -0.148.